The number of nitrogens with zero attached hydrogens (tertiary/aromatic N) is 1. The molecule has 4 nitrogen and oxygen atoms in total. The van der Waals surface area contributed by atoms with Crippen LogP contribution in [-0.4, -0.2) is 41.4 Å². The summed E-state index contributed by atoms with van der Waals surface area (Å²) in [6.07, 6.45) is -0.919. The van der Waals surface area contributed by atoms with Crippen LogP contribution in [-0.2, 0) is 9.59 Å². The third kappa shape index (κ3) is 8.59. The van der Waals surface area contributed by atoms with Gasteiger partial charge < -0.3 is 10.0 Å². The molecule has 0 saturated heterocycles. The van der Waals surface area contributed by atoms with E-state index in [1.807, 2.05) is 6.92 Å². The number of aliphatic carboxylic acids is 1. The number of amides is 1. The number of hydrogen-bond donors (Lipinski definition) is 1. The van der Waals surface area contributed by atoms with Crippen molar-refractivity contribution in [2.24, 2.45) is 0 Å². The van der Waals surface area contributed by atoms with E-state index in [1.165, 1.54) is 0 Å². The van der Waals surface area contributed by atoms with Crippen LogP contribution >= 0.6 is 0 Å². The second-order valence-corrected chi connectivity index (χ2v) is 3.83. The molecule has 1 N–H and O–H groups in total. The summed E-state index contributed by atoms with van der Waals surface area (Å²) in [7, 11) is 0. The van der Waals surface area contributed by atoms with Gasteiger partial charge in [-0.1, -0.05) is 6.92 Å². The lowest BCUT2D eigenvalue weighted by Gasteiger charge is -2.21. The molecule has 0 aromatic carbocycles. The van der Waals surface area contributed by atoms with Crippen molar-refractivity contribution in [3.63, 3.8) is 0 Å². The Balaban J connectivity index is 3.92. The normalized spacial score (nSPS) is 10.6. The second-order valence-electron chi connectivity index (χ2n) is 3.83. The standard InChI is InChI=1S/C11H19F2NO3/c1-2-7-14(8-9(12)13)10(15)5-3-4-6-11(16)17/h9H,2-8H2,1H3,(H,16,17). The van der Waals surface area contributed by atoms with E-state index in [2.05, 4.69) is 0 Å². The van der Waals surface area contributed by atoms with Crippen LogP contribution in [0, 0.1) is 0 Å². The maximum absolute atomic E-state index is 12.2. The third-order valence-corrected chi connectivity index (χ3v) is 2.24. The number of halogens is 2. The SMILES string of the molecule is CCCN(CC(F)F)C(=O)CCCCC(=O)O. The Morgan fingerprint density at radius 3 is 2.29 bits per heavy atom. The number of rotatable bonds is 9. The number of hydrogen-bond acceptors (Lipinski definition) is 2. The Kier molecular flexibility index (Phi) is 8.27. The third-order valence-electron chi connectivity index (χ3n) is 2.24. The molecule has 0 saturated carbocycles. The number of carbonyl (C=O) groups is 2. The highest BCUT2D eigenvalue weighted by atomic mass is 19.3. The molecule has 0 rings (SSSR count). The first kappa shape index (κ1) is 15.8. The minimum Gasteiger partial charge on any atom is -0.481 e. The van der Waals surface area contributed by atoms with E-state index in [0.717, 1.165) is 4.90 Å². The van der Waals surface area contributed by atoms with Crippen molar-refractivity contribution in [2.45, 2.75) is 45.5 Å². The van der Waals surface area contributed by atoms with Gasteiger partial charge in [0, 0.05) is 19.4 Å². The van der Waals surface area contributed by atoms with Crippen LogP contribution in [0.25, 0.3) is 0 Å². The Morgan fingerprint density at radius 2 is 1.82 bits per heavy atom. The molecule has 1 amide bonds. The summed E-state index contributed by atoms with van der Waals surface area (Å²) in [5.74, 6) is -1.23. The molecule has 0 aromatic heterocycles. The van der Waals surface area contributed by atoms with E-state index in [1.54, 1.807) is 0 Å². The zero-order valence-electron chi connectivity index (χ0n) is 9.99. The summed E-state index contributed by atoms with van der Waals surface area (Å²) in [5.41, 5.74) is 0. The minimum atomic E-state index is -2.52. The number of carboxylic acid groups (broad SMARTS) is 1. The van der Waals surface area contributed by atoms with Crippen molar-refractivity contribution >= 4 is 11.9 Å². The molecular weight excluding hydrogens is 232 g/mol. The van der Waals surface area contributed by atoms with Gasteiger partial charge >= 0.3 is 5.97 Å². The lowest BCUT2D eigenvalue weighted by Crippen LogP contribution is -2.35. The molecular formula is C11H19F2NO3. The molecule has 0 spiro atoms. The molecule has 0 unspecified atom stereocenters. The smallest absolute Gasteiger partial charge is 0.303 e. The van der Waals surface area contributed by atoms with Gasteiger partial charge in [-0.05, 0) is 19.3 Å². The average molecular weight is 251 g/mol. The number of carboxylic acids is 1. The van der Waals surface area contributed by atoms with E-state index >= 15 is 0 Å². The van der Waals surface area contributed by atoms with Crippen LogP contribution in [0.5, 0.6) is 0 Å². The molecule has 0 atom stereocenters. The summed E-state index contributed by atoms with van der Waals surface area (Å²) in [6.45, 7) is 1.60. The van der Waals surface area contributed by atoms with Crippen molar-refractivity contribution < 1.29 is 23.5 Å². The highest BCUT2D eigenvalue weighted by molar-refractivity contribution is 5.76. The number of unbranched alkanes of at least 4 members (excludes halogenated alkanes) is 1. The molecule has 100 valence electrons. The van der Waals surface area contributed by atoms with E-state index in [-0.39, 0.29) is 18.7 Å². The van der Waals surface area contributed by atoms with Crippen molar-refractivity contribution in [2.75, 3.05) is 13.1 Å². The zero-order chi connectivity index (χ0) is 13.3. The molecule has 0 radical (unpaired) electrons. The van der Waals surface area contributed by atoms with E-state index in [9.17, 15) is 18.4 Å². The highest BCUT2D eigenvalue weighted by Gasteiger charge is 2.16. The largest absolute Gasteiger partial charge is 0.481 e. The Hall–Kier alpha value is -1.20. The molecule has 6 heteroatoms. The van der Waals surface area contributed by atoms with Crippen LogP contribution in [0.15, 0.2) is 0 Å². The Morgan fingerprint density at radius 1 is 1.24 bits per heavy atom. The van der Waals surface area contributed by atoms with Gasteiger partial charge in [-0.3, -0.25) is 9.59 Å². The van der Waals surface area contributed by atoms with Gasteiger partial charge in [0.05, 0.1) is 6.54 Å². The van der Waals surface area contributed by atoms with Crippen molar-refractivity contribution in [1.29, 1.82) is 0 Å². The van der Waals surface area contributed by atoms with Crippen molar-refractivity contribution in [3.8, 4) is 0 Å². The molecule has 0 fully saturated rings. The first-order valence-electron chi connectivity index (χ1n) is 5.75. The minimum absolute atomic E-state index is 0.00983. The summed E-state index contributed by atoms with van der Waals surface area (Å²) in [4.78, 5) is 22.9. The van der Waals surface area contributed by atoms with E-state index in [4.69, 9.17) is 5.11 Å². The van der Waals surface area contributed by atoms with E-state index < -0.39 is 18.9 Å². The summed E-state index contributed by atoms with van der Waals surface area (Å²) in [5, 5.41) is 8.40. The predicted octanol–water partition coefficient (Wildman–Crippen LogP) is 2.14. The average Bonchev–Trinajstić information content (AvgIpc) is 2.22. The molecule has 0 aliphatic heterocycles. The van der Waals surface area contributed by atoms with Gasteiger partial charge in [0.25, 0.3) is 6.43 Å². The van der Waals surface area contributed by atoms with Crippen LogP contribution in [0.3, 0.4) is 0 Å². The predicted molar refractivity (Wildman–Crippen MR) is 59.0 cm³/mol. The summed E-state index contributed by atoms with van der Waals surface area (Å²) >= 11 is 0. The van der Waals surface area contributed by atoms with Gasteiger partial charge in [0.15, 0.2) is 0 Å². The van der Waals surface area contributed by atoms with Gasteiger partial charge in [0.2, 0.25) is 5.91 Å². The van der Waals surface area contributed by atoms with Crippen molar-refractivity contribution in [1.82, 2.24) is 4.90 Å². The molecule has 0 heterocycles. The lowest BCUT2D eigenvalue weighted by molar-refractivity contribution is -0.137. The molecule has 17 heavy (non-hydrogen) atoms. The maximum atomic E-state index is 12.2. The van der Waals surface area contributed by atoms with Crippen LogP contribution < -0.4 is 0 Å². The zero-order valence-corrected chi connectivity index (χ0v) is 9.99. The first-order valence-corrected chi connectivity index (χ1v) is 5.75. The first-order chi connectivity index (χ1) is 7.97. The molecule has 0 bridgehead atoms. The molecule has 0 aliphatic carbocycles. The summed E-state index contributed by atoms with van der Waals surface area (Å²) in [6, 6.07) is 0. The maximum Gasteiger partial charge on any atom is 0.303 e. The lowest BCUT2D eigenvalue weighted by atomic mass is 10.2. The van der Waals surface area contributed by atoms with Crippen LogP contribution in [0.2, 0.25) is 0 Å². The fourth-order valence-electron chi connectivity index (χ4n) is 1.46. The van der Waals surface area contributed by atoms with E-state index in [0.29, 0.717) is 25.8 Å². The van der Waals surface area contributed by atoms with Gasteiger partial charge in [-0.2, -0.15) is 0 Å². The molecule has 0 aromatic rings. The molecule has 0 aliphatic rings. The topological polar surface area (TPSA) is 57.6 Å². The number of alkyl halides is 2. The second kappa shape index (κ2) is 8.90. The number of carbonyl (C=O) groups excluding carboxylic acids is 1. The van der Waals surface area contributed by atoms with Crippen LogP contribution in [0.4, 0.5) is 8.78 Å². The van der Waals surface area contributed by atoms with Gasteiger partial charge in [-0.15, -0.1) is 0 Å². The van der Waals surface area contributed by atoms with Gasteiger partial charge in [-0.25, -0.2) is 8.78 Å². The highest BCUT2D eigenvalue weighted by Crippen LogP contribution is 2.07. The fraction of sp³-hybridized carbons (Fsp3) is 0.818. The Bertz CT molecular complexity index is 247. The quantitative estimate of drug-likeness (QED) is 0.639. The monoisotopic (exact) mass is 251 g/mol. The Labute approximate surface area is 99.6 Å². The van der Waals surface area contributed by atoms with Gasteiger partial charge in [0.1, 0.15) is 0 Å². The van der Waals surface area contributed by atoms with Crippen LogP contribution in [0.1, 0.15) is 39.0 Å². The summed E-state index contributed by atoms with van der Waals surface area (Å²) < 4.78 is 24.4. The van der Waals surface area contributed by atoms with Crippen molar-refractivity contribution in [3.05, 3.63) is 0 Å². The fourth-order valence-corrected chi connectivity index (χ4v) is 1.46.